The molecular weight excluding hydrogens is 564 g/mol. The van der Waals surface area contributed by atoms with Crippen LogP contribution in [-0.2, 0) is 19.3 Å². The highest BCUT2D eigenvalue weighted by Gasteiger charge is 2.19. The zero-order valence-electron chi connectivity index (χ0n) is 27.3. The topological polar surface area (TPSA) is 44.9 Å². The molecule has 5 nitrogen and oxygen atoms in total. The molecule has 7 rings (SSSR count). The van der Waals surface area contributed by atoms with Gasteiger partial charge in [-0.2, -0.15) is 5.10 Å². The van der Waals surface area contributed by atoms with Gasteiger partial charge in [-0.05, 0) is 97.3 Å². The summed E-state index contributed by atoms with van der Waals surface area (Å²) >= 11 is 0. The summed E-state index contributed by atoms with van der Waals surface area (Å²) in [6, 6.07) is 36.3. The highest BCUT2D eigenvalue weighted by molar-refractivity contribution is 6.09. The maximum Gasteiger partial charge on any atom is 0.137 e. The quantitative estimate of drug-likeness (QED) is 0.165. The van der Waals surface area contributed by atoms with Crippen molar-refractivity contribution in [2.45, 2.75) is 53.9 Å². The standard InChI is InChI=1S/C41H40N4O/c1-6-36-41(30-12-9-8-10-13-30)37(7-2)45(43-36)31-14-11-15-32(25-31)46-33-17-18-34-35-24-29(22-27(3)4)16-19-38(35)44(39(34)26-33)40-23-28(5)20-21-42-40/h8-21,23-27H,6-7,22H2,1-5H3. The van der Waals surface area contributed by atoms with Gasteiger partial charge in [0.2, 0.25) is 0 Å². The molecule has 0 unspecified atom stereocenters. The number of hydrogen-bond acceptors (Lipinski definition) is 3. The first-order valence-electron chi connectivity index (χ1n) is 16.4. The van der Waals surface area contributed by atoms with Crippen LogP contribution >= 0.6 is 0 Å². The van der Waals surface area contributed by atoms with Gasteiger partial charge in [0.1, 0.15) is 17.3 Å². The lowest BCUT2D eigenvalue weighted by atomic mass is 10.0. The Morgan fingerprint density at radius 3 is 2.33 bits per heavy atom. The summed E-state index contributed by atoms with van der Waals surface area (Å²) in [4.78, 5) is 4.78. The Morgan fingerprint density at radius 2 is 1.57 bits per heavy atom. The molecule has 5 heteroatoms. The minimum Gasteiger partial charge on any atom is -0.457 e. The molecule has 0 atom stereocenters. The van der Waals surface area contributed by atoms with Crippen molar-refractivity contribution in [2.24, 2.45) is 5.92 Å². The predicted octanol–water partition coefficient (Wildman–Crippen LogP) is 10.5. The van der Waals surface area contributed by atoms with Crippen LogP contribution in [-0.4, -0.2) is 19.3 Å². The summed E-state index contributed by atoms with van der Waals surface area (Å²) in [6.45, 7) is 11.0. The molecule has 0 spiro atoms. The van der Waals surface area contributed by atoms with Crippen LogP contribution in [0.2, 0.25) is 0 Å². The van der Waals surface area contributed by atoms with Crippen molar-refractivity contribution in [1.29, 1.82) is 0 Å². The minimum absolute atomic E-state index is 0.591. The van der Waals surface area contributed by atoms with Gasteiger partial charge < -0.3 is 4.74 Å². The molecule has 0 fully saturated rings. The molecule has 4 aromatic carbocycles. The van der Waals surface area contributed by atoms with E-state index in [1.807, 2.05) is 24.4 Å². The van der Waals surface area contributed by atoms with Crippen molar-refractivity contribution >= 4 is 21.8 Å². The molecule has 3 aromatic heterocycles. The number of rotatable bonds is 9. The fourth-order valence-electron chi connectivity index (χ4n) is 6.64. The van der Waals surface area contributed by atoms with E-state index in [1.54, 1.807) is 0 Å². The second-order valence-corrected chi connectivity index (χ2v) is 12.5. The molecule has 0 amide bonds. The zero-order chi connectivity index (χ0) is 31.8. The average Bonchev–Trinajstić information content (AvgIpc) is 3.60. The van der Waals surface area contributed by atoms with Crippen molar-refractivity contribution in [2.75, 3.05) is 0 Å². The Kier molecular flexibility index (Phi) is 7.91. The summed E-state index contributed by atoms with van der Waals surface area (Å²) in [5, 5.41) is 7.51. The lowest BCUT2D eigenvalue weighted by Crippen LogP contribution is -2.02. The summed E-state index contributed by atoms with van der Waals surface area (Å²) in [5.74, 6) is 3.04. The molecule has 0 aliphatic rings. The lowest BCUT2D eigenvalue weighted by Gasteiger charge is -2.12. The van der Waals surface area contributed by atoms with E-state index < -0.39 is 0 Å². The number of aromatic nitrogens is 4. The summed E-state index contributed by atoms with van der Waals surface area (Å²) in [6.07, 6.45) is 4.67. The van der Waals surface area contributed by atoms with Gasteiger partial charge >= 0.3 is 0 Å². The van der Waals surface area contributed by atoms with Crippen molar-refractivity contribution in [3.63, 3.8) is 0 Å². The minimum atomic E-state index is 0.591. The second-order valence-electron chi connectivity index (χ2n) is 12.5. The van der Waals surface area contributed by atoms with Crippen LogP contribution in [0.15, 0.2) is 109 Å². The molecule has 7 aromatic rings. The first-order valence-corrected chi connectivity index (χ1v) is 16.4. The molecule has 0 radical (unpaired) electrons. The van der Waals surface area contributed by atoms with Crippen LogP contribution in [0.1, 0.15) is 50.2 Å². The van der Waals surface area contributed by atoms with Crippen LogP contribution in [0, 0.1) is 12.8 Å². The molecule has 0 saturated carbocycles. The SMILES string of the molecule is CCc1nn(-c2cccc(Oc3ccc4c5cc(CC(C)C)ccc5n(-c5cc(C)ccn5)c4c3)c2)c(CC)c1-c1ccccc1. The lowest BCUT2D eigenvalue weighted by molar-refractivity contribution is 0.482. The van der Waals surface area contributed by atoms with E-state index >= 15 is 0 Å². The van der Waals surface area contributed by atoms with E-state index in [-0.39, 0.29) is 0 Å². The monoisotopic (exact) mass is 604 g/mol. The molecule has 0 bridgehead atoms. The largest absolute Gasteiger partial charge is 0.457 e. The van der Waals surface area contributed by atoms with Crippen molar-refractivity contribution in [1.82, 2.24) is 19.3 Å². The fraction of sp³-hybridized carbons (Fsp3) is 0.220. The molecule has 0 N–H and O–H groups in total. The average molecular weight is 605 g/mol. The molecule has 0 saturated heterocycles. The van der Waals surface area contributed by atoms with E-state index in [2.05, 4.69) is 129 Å². The maximum absolute atomic E-state index is 6.58. The number of ether oxygens (including phenoxy) is 1. The van der Waals surface area contributed by atoms with Crippen molar-refractivity contribution in [3.05, 3.63) is 132 Å². The molecule has 0 aliphatic heterocycles. The van der Waals surface area contributed by atoms with Gasteiger partial charge in [-0.1, -0.05) is 70.2 Å². The predicted molar refractivity (Wildman–Crippen MR) is 190 cm³/mol. The van der Waals surface area contributed by atoms with E-state index in [1.165, 1.54) is 38.7 Å². The normalized spacial score (nSPS) is 11.6. The Bertz CT molecular complexity index is 2170. The number of hydrogen-bond donors (Lipinski definition) is 0. The first-order chi connectivity index (χ1) is 22.4. The van der Waals surface area contributed by atoms with Gasteiger partial charge in [0.25, 0.3) is 0 Å². The summed E-state index contributed by atoms with van der Waals surface area (Å²) in [5.41, 5.74) is 10.5. The zero-order valence-corrected chi connectivity index (χ0v) is 27.3. The molecule has 230 valence electrons. The highest BCUT2D eigenvalue weighted by Crippen LogP contribution is 2.37. The van der Waals surface area contributed by atoms with Crippen molar-refractivity contribution in [3.8, 4) is 34.1 Å². The number of fused-ring (bicyclic) bond motifs is 3. The Labute approximate surface area is 271 Å². The Morgan fingerprint density at radius 1 is 0.739 bits per heavy atom. The molecule has 3 heterocycles. The smallest absolute Gasteiger partial charge is 0.137 e. The van der Waals surface area contributed by atoms with Gasteiger partial charge in [-0.15, -0.1) is 0 Å². The van der Waals surface area contributed by atoms with E-state index in [9.17, 15) is 0 Å². The third kappa shape index (κ3) is 5.47. The van der Waals surface area contributed by atoms with Crippen LogP contribution in [0.5, 0.6) is 11.5 Å². The fourth-order valence-corrected chi connectivity index (χ4v) is 6.64. The first kappa shape index (κ1) is 29.5. The van der Waals surface area contributed by atoms with Crippen LogP contribution < -0.4 is 4.74 Å². The van der Waals surface area contributed by atoms with Gasteiger partial charge in [0.15, 0.2) is 0 Å². The molecule has 0 aliphatic carbocycles. The maximum atomic E-state index is 6.58. The highest BCUT2D eigenvalue weighted by atomic mass is 16.5. The Balaban J connectivity index is 1.31. The van der Waals surface area contributed by atoms with Gasteiger partial charge in [0.05, 0.1) is 28.1 Å². The second kappa shape index (κ2) is 12.3. The van der Waals surface area contributed by atoms with Crippen LogP contribution in [0.25, 0.3) is 44.4 Å². The molecule has 46 heavy (non-hydrogen) atoms. The third-order valence-corrected chi connectivity index (χ3v) is 8.66. The number of benzene rings is 4. The number of aryl methyl sites for hydroxylation is 2. The van der Waals surface area contributed by atoms with E-state index in [4.69, 9.17) is 14.8 Å². The van der Waals surface area contributed by atoms with E-state index in [0.717, 1.165) is 59.0 Å². The number of pyridine rings is 1. The van der Waals surface area contributed by atoms with Crippen LogP contribution in [0.4, 0.5) is 0 Å². The van der Waals surface area contributed by atoms with Gasteiger partial charge in [-0.3, -0.25) is 4.57 Å². The number of nitrogens with zero attached hydrogens (tertiary/aromatic N) is 4. The van der Waals surface area contributed by atoms with E-state index in [0.29, 0.717) is 5.92 Å². The van der Waals surface area contributed by atoms with Gasteiger partial charge in [0, 0.05) is 34.7 Å². The van der Waals surface area contributed by atoms with Crippen molar-refractivity contribution < 1.29 is 4.74 Å². The third-order valence-electron chi connectivity index (χ3n) is 8.66. The van der Waals surface area contributed by atoms with Gasteiger partial charge in [-0.25, -0.2) is 9.67 Å². The van der Waals surface area contributed by atoms with Crippen LogP contribution in [0.3, 0.4) is 0 Å². The summed E-state index contributed by atoms with van der Waals surface area (Å²) < 4.78 is 10.9. The molecular formula is C41H40N4O. The summed E-state index contributed by atoms with van der Waals surface area (Å²) in [7, 11) is 0. The Hall–Kier alpha value is -5.16.